The van der Waals surface area contributed by atoms with E-state index in [1.165, 1.54) is 6.92 Å². The molecule has 2 rings (SSSR count). The normalized spacial score (nSPS) is 17.0. The number of anilines is 1. The Morgan fingerprint density at radius 2 is 2.00 bits per heavy atom. The number of carbonyl (C=O) groups excluding carboxylic acids is 2. The van der Waals surface area contributed by atoms with Crippen molar-refractivity contribution >= 4 is 17.5 Å². The number of Topliss-reactive ketones (excluding diaryl/α,β-unsaturated/α-hetero) is 1. The zero-order chi connectivity index (χ0) is 15.2. The molecule has 0 radical (unpaired) electrons. The minimum absolute atomic E-state index is 0.0189. The minimum Gasteiger partial charge on any atom is -0.381 e. The monoisotopic (exact) mass is 290 g/mol. The maximum absolute atomic E-state index is 12.0. The number of nitrogens with one attached hydrogen (secondary N) is 2. The highest BCUT2D eigenvalue weighted by Crippen LogP contribution is 2.18. The van der Waals surface area contributed by atoms with Gasteiger partial charge in [-0.3, -0.25) is 4.79 Å². The molecular weight excluding hydrogens is 268 g/mol. The molecule has 21 heavy (non-hydrogen) atoms. The predicted molar refractivity (Wildman–Crippen MR) is 81.6 cm³/mol. The van der Waals surface area contributed by atoms with Gasteiger partial charge in [0.05, 0.1) is 0 Å². The van der Waals surface area contributed by atoms with Gasteiger partial charge in [0.25, 0.3) is 0 Å². The van der Waals surface area contributed by atoms with Crippen LogP contribution in [0, 0.1) is 5.92 Å². The van der Waals surface area contributed by atoms with Gasteiger partial charge in [0.2, 0.25) is 0 Å². The van der Waals surface area contributed by atoms with Crippen molar-refractivity contribution in [2.24, 2.45) is 5.92 Å². The van der Waals surface area contributed by atoms with Crippen LogP contribution in [0.15, 0.2) is 24.3 Å². The quantitative estimate of drug-likeness (QED) is 0.838. The lowest BCUT2D eigenvalue weighted by Gasteiger charge is -2.28. The highest BCUT2D eigenvalue weighted by atomic mass is 16.5. The molecular formula is C16H22N2O3. The van der Waals surface area contributed by atoms with E-state index in [-0.39, 0.29) is 17.9 Å². The van der Waals surface area contributed by atoms with Crippen LogP contribution < -0.4 is 10.6 Å². The van der Waals surface area contributed by atoms with Gasteiger partial charge in [0.15, 0.2) is 5.78 Å². The molecule has 1 aromatic rings. The molecule has 1 aromatic carbocycles. The summed E-state index contributed by atoms with van der Waals surface area (Å²) in [6.07, 6.45) is 1.95. The first-order valence-corrected chi connectivity index (χ1v) is 7.32. The van der Waals surface area contributed by atoms with Crippen LogP contribution in [-0.2, 0) is 4.74 Å². The number of benzene rings is 1. The summed E-state index contributed by atoms with van der Waals surface area (Å²) in [6.45, 7) is 5.05. The van der Waals surface area contributed by atoms with Crippen molar-refractivity contribution in [1.29, 1.82) is 0 Å². The third-order valence-electron chi connectivity index (χ3n) is 3.86. The third-order valence-corrected chi connectivity index (χ3v) is 3.86. The lowest BCUT2D eigenvalue weighted by Crippen LogP contribution is -2.42. The van der Waals surface area contributed by atoms with E-state index in [1.807, 2.05) is 6.92 Å². The topological polar surface area (TPSA) is 67.4 Å². The van der Waals surface area contributed by atoms with E-state index in [9.17, 15) is 9.59 Å². The number of urea groups is 1. The molecule has 114 valence electrons. The summed E-state index contributed by atoms with van der Waals surface area (Å²) in [7, 11) is 0. The maximum atomic E-state index is 12.0. The van der Waals surface area contributed by atoms with Crippen LogP contribution in [0.1, 0.15) is 37.0 Å². The van der Waals surface area contributed by atoms with Gasteiger partial charge in [-0.15, -0.1) is 0 Å². The lowest BCUT2D eigenvalue weighted by molar-refractivity contribution is 0.0573. The Hall–Kier alpha value is -1.88. The van der Waals surface area contributed by atoms with E-state index in [2.05, 4.69) is 10.6 Å². The summed E-state index contributed by atoms with van der Waals surface area (Å²) in [6, 6.07) is 6.80. The summed E-state index contributed by atoms with van der Waals surface area (Å²) in [5.74, 6) is 0.433. The molecule has 1 fully saturated rings. The van der Waals surface area contributed by atoms with Crippen LogP contribution in [0.5, 0.6) is 0 Å². The summed E-state index contributed by atoms with van der Waals surface area (Å²) in [4.78, 5) is 23.3. The van der Waals surface area contributed by atoms with E-state index in [0.717, 1.165) is 26.1 Å². The van der Waals surface area contributed by atoms with Crippen LogP contribution in [0.2, 0.25) is 0 Å². The standard InChI is InChI=1S/C16H22N2O3/c1-11(13-6-8-21-9-7-13)17-16(20)18-15-5-3-4-14(10-15)12(2)19/h3-5,10-11,13H,6-9H2,1-2H3,(H2,17,18,20). The van der Waals surface area contributed by atoms with Gasteiger partial charge in [0.1, 0.15) is 0 Å². The Kier molecular flexibility index (Phi) is 5.33. The second kappa shape index (κ2) is 7.22. The molecule has 0 bridgehead atoms. The molecule has 1 heterocycles. The summed E-state index contributed by atoms with van der Waals surface area (Å²) >= 11 is 0. The van der Waals surface area contributed by atoms with Gasteiger partial charge in [-0.25, -0.2) is 4.79 Å². The van der Waals surface area contributed by atoms with Gasteiger partial charge in [-0.2, -0.15) is 0 Å². The van der Waals surface area contributed by atoms with Crippen molar-refractivity contribution in [1.82, 2.24) is 5.32 Å². The highest BCUT2D eigenvalue weighted by molar-refractivity contribution is 5.96. The Morgan fingerprint density at radius 3 is 2.67 bits per heavy atom. The average Bonchev–Trinajstić information content (AvgIpc) is 2.48. The summed E-state index contributed by atoms with van der Waals surface area (Å²) < 4.78 is 5.33. The number of carbonyl (C=O) groups is 2. The molecule has 2 N–H and O–H groups in total. The average molecular weight is 290 g/mol. The predicted octanol–water partition coefficient (Wildman–Crippen LogP) is 2.83. The number of ether oxygens (including phenoxy) is 1. The van der Waals surface area contributed by atoms with Crippen molar-refractivity contribution in [2.45, 2.75) is 32.7 Å². The van der Waals surface area contributed by atoms with Crippen LogP contribution in [-0.4, -0.2) is 31.1 Å². The first-order chi connectivity index (χ1) is 10.1. The molecule has 0 saturated carbocycles. The molecule has 2 amide bonds. The minimum atomic E-state index is -0.241. The van der Waals surface area contributed by atoms with Gasteiger partial charge in [-0.1, -0.05) is 12.1 Å². The molecule has 1 aliphatic rings. The second-order valence-corrected chi connectivity index (χ2v) is 5.47. The molecule has 0 aliphatic carbocycles. The molecule has 1 aliphatic heterocycles. The van der Waals surface area contributed by atoms with E-state index in [0.29, 0.717) is 17.2 Å². The number of hydrogen-bond acceptors (Lipinski definition) is 3. The van der Waals surface area contributed by atoms with Crippen LogP contribution in [0.25, 0.3) is 0 Å². The lowest BCUT2D eigenvalue weighted by atomic mass is 9.93. The smallest absolute Gasteiger partial charge is 0.319 e. The Morgan fingerprint density at radius 1 is 1.29 bits per heavy atom. The van der Waals surface area contributed by atoms with Gasteiger partial charge >= 0.3 is 6.03 Å². The Bertz CT molecular complexity index is 510. The molecule has 5 heteroatoms. The van der Waals surface area contributed by atoms with Crippen molar-refractivity contribution in [3.63, 3.8) is 0 Å². The molecule has 1 atom stereocenters. The first-order valence-electron chi connectivity index (χ1n) is 7.32. The third kappa shape index (κ3) is 4.56. The molecule has 0 spiro atoms. The zero-order valence-corrected chi connectivity index (χ0v) is 12.5. The van der Waals surface area contributed by atoms with Crippen molar-refractivity contribution in [3.8, 4) is 0 Å². The fraction of sp³-hybridized carbons (Fsp3) is 0.500. The van der Waals surface area contributed by atoms with Crippen LogP contribution in [0.4, 0.5) is 10.5 Å². The Balaban J connectivity index is 1.89. The van der Waals surface area contributed by atoms with Gasteiger partial charge in [0, 0.05) is 30.5 Å². The first kappa shape index (κ1) is 15.5. The molecule has 0 aromatic heterocycles. The van der Waals surface area contributed by atoms with E-state index >= 15 is 0 Å². The largest absolute Gasteiger partial charge is 0.381 e. The highest BCUT2D eigenvalue weighted by Gasteiger charge is 2.21. The van der Waals surface area contributed by atoms with Crippen molar-refractivity contribution in [2.75, 3.05) is 18.5 Å². The molecule has 1 saturated heterocycles. The second-order valence-electron chi connectivity index (χ2n) is 5.47. The Labute approximate surface area is 125 Å². The van der Waals surface area contributed by atoms with Crippen LogP contribution >= 0.6 is 0 Å². The maximum Gasteiger partial charge on any atom is 0.319 e. The van der Waals surface area contributed by atoms with E-state index in [4.69, 9.17) is 4.74 Å². The number of rotatable bonds is 4. The number of hydrogen-bond donors (Lipinski definition) is 2. The van der Waals surface area contributed by atoms with Crippen LogP contribution in [0.3, 0.4) is 0 Å². The van der Waals surface area contributed by atoms with E-state index < -0.39 is 0 Å². The molecule has 1 unspecified atom stereocenters. The van der Waals surface area contributed by atoms with Crippen molar-refractivity contribution in [3.05, 3.63) is 29.8 Å². The summed E-state index contributed by atoms with van der Waals surface area (Å²) in [5.41, 5.74) is 1.21. The SMILES string of the molecule is CC(=O)c1cccc(NC(=O)NC(C)C2CCOCC2)c1. The van der Waals surface area contributed by atoms with E-state index in [1.54, 1.807) is 24.3 Å². The molecule has 5 nitrogen and oxygen atoms in total. The van der Waals surface area contributed by atoms with Gasteiger partial charge < -0.3 is 15.4 Å². The zero-order valence-electron chi connectivity index (χ0n) is 12.5. The fourth-order valence-corrected chi connectivity index (χ4v) is 2.52. The van der Waals surface area contributed by atoms with Gasteiger partial charge in [-0.05, 0) is 44.7 Å². The summed E-state index contributed by atoms with van der Waals surface area (Å²) in [5, 5.41) is 5.73. The van der Waals surface area contributed by atoms with Crippen molar-refractivity contribution < 1.29 is 14.3 Å². The number of ketones is 1. The number of amides is 2. The fourth-order valence-electron chi connectivity index (χ4n) is 2.52.